The van der Waals surface area contributed by atoms with Gasteiger partial charge in [-0.05, 0) is 23.8 Å². The van der Waals surface area contributed by atoms with E-state index in [1.165, 1.54) is 5.56 Å². The summed E-state index contributed by atoms with van der Waals surface area (Å²) in [5, 5.41) is 4.14. The number of benzene rings is 1. The van der Waals surface area contributed by atoms with Crippen molar-refractivity contribution < 1.29 is 0 Å². The average molecular weight is 262 g/mol. The minimum atomic E-state index is 0.754. The summed E-state index contributed by atoms with van der Waals surface area (Å²) >= 11 is 5.86. The summed E-state index contributed by atoms with van der Waals surface area (Å²) in [7, 11) is 4.03. The van der Waals surface area contributed by atoms with Crippen molar-refractivity contribution in [2.75, 3.05) is 24.3 Å². The highest BCUT2D eigenvalue weighted by Crippen LogP contribution is 2.22. The topological polar surface area (TPSA) is 28.2 Å². The summed E-state index contributed by atoms with van der Waals surface area (Å²) in [6.07, 6.45) is 3.63. The molecule has 0 fully saturated rings. The molecule has 1 N–H and O–H groups in total. The maximum atomic E-state index is 5.86. The van der Waals surface area contributed by atoms with E-state index < -0.39 is 0 Å². The van der Waals surface area contributed by atoms with Gasteiger partial charge < -0.3 is 10.2 Å². The van der Waals surface area contributed by atoms with E-state index in [0.29, 0.717) is 0 Å². The Bertz CT molecular complexity index is 509. The molecule has 0 unspecified atom stereocenters. The number of nitrogens with one attached hydrogen (secondary N) is 1. The van der Waals surface area contributed by atoms with Crippen molar-refractivity contribution in [2.24, 2.45) is 0 Å². The molecule has 1 aromatic heterocycles. The second-order valence-corrected chi connectivity index (χ2v) is 4.70. The SMILES string of the molecule is CN(C)c1ccncc1NCc1ccc(Cl)cc1. The van der Waals surface area contributed by atoms with E-state index in [4.69, 9.17) is 11.6 Å². The first-order valence-corrected chi connectivity index (χ1v) is 6.14. The molecule has 0 bridgehead atoms. The smallest absolute Gasteiger partial charge is 0.0766 e. The summed E-state index contributed by atoms with van der Waals surface area (Å²) in [5.41, 5.74) is 3.34. The van der Waals surface area contributed by atoms with E-state index in [9.17, 15) is 0 Å². The van der Waals surface area contributed by atoms with Crippen molar-refractivity contribution >= 4 is 23.0 Å². The zero-order valence-electron chi connectivity index (χ0n) is 10.5. The molecule has 18 heavy (non-hydrogen) atoms. The molecule has 0 spiro atoms. The normalized spacial score (nSPS) is 10.2. The Morgan fingerprint density at radius 2 is 1.89 bits per heavy atom. The molecule has 1 aromatic carbocycles. The summed E-state index contributed by atoms with van der Waals surface area (Å²) in [5.74, 6) is 0. The zero-order valence-corrected chi connectivity index (χ0v) is 11.3. The Morgan fingerprint density at radius 3 is 2.56 bits per heavy atom. The number of nitrogens with zero attached hydrogens (tertiary/aromatic N) is 2. The number of anilines is 2. The van der Waals surface area contributed by atoms with Crippen LogP contribution in [0.5, 0.6) is 0 Å². The predicted octanol–water partition coefficient (Wildman–Crippen LogP) is 3.41. The molecule has 1 heterocycles. The van der Waals surface area contributed by atoms with Gasteiger partial charge in [0.1, 0.15) is 0 Å². The summed E-state index contributed by atoms with van der Waals surface area (Å²) in [6.45, 7) is 0.754. The molecule has 2 rings (SSSR count). The van der Waals surface area contributed by atoms with Crippen molar-refractivity contribution in [3.05, 3.63) is 53.3 Å². The standard InChI is InChI=1S/C14H16ClN3/c1-18(2)14-7-8-16-10-13(14)17-9-11-3-5-12(15)6-4-11/h3-8,10,17H,9H2,1-2H3. The summed E-state index contributed by atoms with van der Waals surface area (Å²) < 4.78 is 0. The Balaban J connectivity index is 2.08. The average Bonchev–Trinajstić information content (AvgIpc) is 2.38. The number of rotatable bonds is 4. The van der Waals surface area contributed by atoms with Crippen LogP contribution in [-0.2, 0) is 6.54 Å². The fourth-order valence-corrected chi connectivity index (χ4v) is 1.84. The second-order valence-electron chi connectivity index (χ2n) is 4.27. The minimum absolute atomic E-state index is 0.754. The first-order chi connectivity index (χ1) is 8.66. The van der Waals surface area contributed by atoms with E-state index in [-0.39, 0.29) is 0 Å². The maximum absolute atomic E-state index is 5.86. The third-order valence-corrected chi connectivity index (χ3v) is 2.93. The van der Waals surface area contributed by atoms with E-state index >= 15 is 0 Å². The number of halogens is 1. The van der Waals surface area contributed by atoms with Gasteiger partial charge in [0.15, 0.2) is 0 Å². The quantitative estimate of drug-likeness (QED) is 0.914. The van der Waals surface area contributed by atoms with Crippen LogP contribution in [0.25, 0.3) is 0 Å². The van der Waals surface area contributed by atoms with Crippen molar-refractivity contribution in [1.29, 1.82) is 0 Å². The molecule has 0 aliphatic rings. The Kier molecular flexibility index (Phi) is 4.05. The highest BCUT2D eigenvalue weighted by atomic mass is 35.5. The van der Waals surface area contributed by atoms with Gasteiger partial charge in [-0.1, -0.05) is 23.7 Å². The summed E-state index contributed by atoms with van der Waals surface area (Å²) in [4.78, 5) is 6.21. The van der Waals surface area contributed by atoms with Crippen LogP contribution in [-0.4, -0.2) is 19.1 Å². The highest BCUT2D eigenvalue weighted by Gasteiger charge is 2.03. The molecular formula is C14H16ClN3. The molecule has 0 aliphatic heterocycles. The van der Waals surface area contributed by atoms with Crippen LogP contribution in [0, 0.1) is 0 Å². The Labute approximate surface area is 112 Å². The minimum Gasteiger partial charge on any atom is -0.378 e. The van der Waals surface area contributed by atoms with Crippen LogP contribution in [0.4, 0.5) is 11.4 Å². The van der Waals surface area contributed by atoms with Crippen molar-refractivity contribution in [3.8, 4) is 0 Å². The molecule has 94 valence electrons. The molecule has 0 amide bonds. The first-order valence-electron chi connectivity index (χ1n) is 5.76. The van der Waals surface area contributed by atoms with Crippen LogP contribution >= 0.6 is 11.6 Å². The fourth-order valence-electron chi connectivity index (χ4n) is 1.71. The van der Waals surface area contributed by atoms with Gasteiger partial charge in [-0.25, -0.2) is 0 Å². The second kappa shape index (κ2) is 5.74. The highest BCUT2D eigenvalue weighted by molar-refractivity contribution is 6.30. The third kappa shape index (κ3) is 3.14. The van der Waals surface area contributed by atoms with Gasteiger partial charge in [0, 0.05) is 31.9 Å². The number of hydrogen-bond acceptors (Lipinski definition) is 3. The van der Waals surface area contributed by atoms with Crippen LogP contribution in [0.2, 0.25) is 5.02 Å². The molecule has 0 atom stereocenters. The molecule has 0 saturated heterocycles. The largest absolute Gasteiger partial charge is 0.378 e. The van der Waals surface area contributed by atoms with Gasteiger partial charge in [0.25, 0.3) is 0 Å². The molecule has 2 aromatic rings. The number of hydrogen-bond donors (Lipinski definition) is 1. The number of aromatic nitrogens is 1. The van der Waals surface area contributed by atoms with Crippen LogP contribution in [0.1, 0.15) is 5.56 Å². The van der Waals surface area contributed by atoms with Gasteiger partial charge in [0.2, 0.25) is 0 Å². The maximum Gasteiger partial charge on any atom is 0.0766 e. The predicted molar refractivity (Wildman–Crippen MR) is 77.3 cm³/mol. The molecule has 0 saturated carbocycles. The van der Waals surface area contributed by atoms with Crippen molar-refractivity contribution in [2.45, 2.75) is 6.54 Å². The van der Waals surface area contributed by atoms with Gasteiger partial charge in [-0.15, -0.1) is 0 Å². The van der Waals surface area contributed by atoms with Gasteiger partial charge >= 0.3 is 0 Å². The van der Waals surface area contributed by atoms with E-state index in [1.807, 2.05) is 50.6 Å². The fraction of sp³-hybridized carbons (Fsp3) is 0.214. The van der Waals surface area contributed by atoms with E-state index in [2.05, 4.69) is 15.2 Å². The van der Waals surface area contributed by atoms with Gasteiger partial charge in [-0.3, -0.25) is 4.98 Å². The van der Waals surface area contributed by atoms with E-state index in [1.54, 1.807) is 6.20 Å². The molecular weight excluding hydrogens is 246 g/mol. The van der Waals surface area contributed by atoms with Crippen LogP contribution < -0.4 is 10.2 Å². The molecule has 0 aliphatic carbocycles. The van der Waals surface area contributed by atoms with E-state index in [0.717, 1.165) is 22.9 Å². The van der Waals surface area contributed by atoms with Crippen LogP contribution in [0.3, 0.4) is 0 Å². The molecule has 3 nitrogen and oxygen atoms in total. The van der Waals surface area contributed by atoms with Gasteiger partial charge in [0.05, 0.1) is 17.6 Å². The lowest BCUT2D eigenvalue weighted by molar-refractivity contribution is 1.09. The molecule has 4 heteroatoms. The summed E-state index contributed by atoms with van der Waals surface area (Å²) in [6, 6.07) is 9.82. The van der Waals surface area contributed by atoms with Gasteiger partial charge in [-0.2, -0.15) is 0 Å². The monoisotopic (exact) mass is 261 g/mol. The van der Waals surface area contributed by atoms with Crippen molar-refractivity contribution in [3.63, 3.8) is 0 Å². The van der Waals surface area contributed by atoms with Crippen molar-refractivity contribution in [1.82, 2.24) is 4.98 Å². The van der Waals surface area contributed by atoms with Crippen LogP contribution in [0.15, 0.2) is 42.7 Å². The zero-order chi connectivity index (χ0) is 13.0. The molecule has 0 radical (unpaired) electrons. The first kappa shape index (κ1) is 12.7. The Hall–Kier alpha value is -1.74. The lowest BCUT2D eigenvalue weighted by Crippen LogP contribution is -2.12. The lowest BCUT2D eigenvalue weighted by atomic mass is 10.2. The lowest BCUT2D eigenvalue weighted by Gasteiger charge is -2.17. The Morgan fingerprint density at radius 1 is 1.17 bits per heavy atom. The number of pyridine rings is 1. The third-order valence-electron chi connectivity index (χ3n) is 2.68.